The molecule has 128 valence electrons. The molecule has 0 amide bonds. The molecule has 0 heterocycles. The second-order valence-electron chi connectivity index (χ2n) is 6.45. The summed E-state index contributed by atoms with van der Waals surface area (Å²) >= 11 is 0. The number of fused-ring (bicyclic) bond motifs is 1. The van der Waals surface area contributed by atoms with Crippen molar-refractivity contribution < 1.29 is 28.6 Å². The minimum atomic E-state index is -1.29. The fourth-order valence-electron chi connectivity index (χ4n) is 3.85. The van der Waals surface area contributed by atoms with E-state index in [-0.39, 0.29) is 18.3 Å². The highest BCUT2D eigenvalue weighted by atomic mass is 16.5. The standard InChI is InChI=1S/C17H24O6/c1-5-6-7-13(23-11(2)18)16-8-12(16)9-17(10-16,14(19)21-3)15(20)22-4/h7,12H,5-6,8-10H2,1-4H3/b13-7+/t12-,16-/m1/s1. The Labute approximate surface area is 136 Å². The molecule has 0 saturated heterocycles. The SMILES string of the molecule is CCC/C=C(/OC(C)=O)[C@@]12C[C@@H]1CC(C(=O)OC)(C(=O)OC)C2. The molecule has 0 aromatic carbocycles. The summed E-state index contributed by atoms with van der Waals surface area (Å²) in [6.07, 6.45) is 5.06. The number of unbranched alkanes of at least 4 members (excludes halogenated alkanes) is 1. The topological polar surface area (TPSA) is 78.9 Å². The van der Waals surface area contributed by atoms with Gasteiger partial charge in [0.05, 0.1) is 14.2 Å². The predicted octanol–water partition coefficient (Wildman–Crippen LogP) is 2.37. The summed E-state index contributed by atoms with van der Waals surface area (Å²) in [4.78, 5) is 35.9. The zero-order chi connectivity index (χ0) is 17.3. The van der Waals surface area contributed by atoms with E-state index >= 15 is 0 Å². The van der Waals surface area contributed by atoms with E-state index in [9.17, 15) is 14.4 Å². The normalized spacial score (nSPS) is 27.8. The molecule has 0 unspecified atom stereocenters. The van der Waals surface area contributed by atoms with Gasteiger partial charge in [0.1, 0.15) is 5.76 Å². The Bertz CT molecular complexity index is 533. The Kier molecular flexibility index (Phi) is 4.82. The van der Waals surface area contributed by atoms with Crippen molar-refractivity contribution in [3.8, 4) is 0 Å². The quantitative estimate of drug-likeness (QED) is 0.323. The number of hydrogen-bond acceptors (Lipinski definition) is 6. The van der Waals surface area contributed by atoms with Crippen molar-refractivity contribution in [3.63, 3.8) is 0 Å². The first-order chi connectivity index (χ1) is 10.9. The molecule has 6 heteroatoms. The van der Waals surface area contributed by atoms with Gasteiger partial charge >= 0.3 is 17.9 Å². The van der Waals surface area contributed by atoms with E-state index in [1.807, 2.05) is 13.0 Å². The van der Waals surface area contributed by atoms with Crippen molar-refractivity contribution in [1.82, 2.24) is 0 Å². The van der Waals surface area contributed by atoms with Crippen LogP contribution in [-0.4, -0.2) is 32.1 Å². The minimum absolute atomic E-state index is 0.128. The number of rotatable bonds is 6. The van der Waals surface area contributed by atoms with Crippen molar-refractivity contribution in [2.45, 2.75) is 46.0 Å². The number of esters is 3. The maximum absolute atomic E-state index is 12.3. The molecule has 0 N–H and O–H groups in total. The Balaban J connectivity index is 2.33. The van der Waals surface area contributed by atoms with Gasteiger partial charge in [-0.1, -0.05) is 13.3 Å². The molecule has 6 nitrogen and oxygen atoms in total. The van der Waals surface area contributed by atoms with Gasteiger partial charge in [0, 0.05) is 12.3 Å². The van der Waals surface area contributed by atoms with Crippen LogP contribution < -0.4 is 0 Å². The van der Waals surface area contributed by atoms with Gasteiger partial charge in [-0.05, 0) is 37.7 Å². The molecule has 2 atom stereocenters. The average Bonchev–Trinajstić information content (AvgIpc) is 3.11. The smallest absolute Gasteiger partial charge is 0.323 e. The molecule has 2 saturated carbocycles. The highest BCUT2D eigenvalue weighted by Gasteiger charge is 2.73. The minimum Gasteiger partial charge on any atom is -0.468 e. The fraction of sp³-hybridized carbons (Fsp3) is 0.706. The molecule has 0 spiro atoms. The van der Waals surface area contributed by atoms with Crippen LogP contribution in [0.15, 0.2) is 11.8 Å². The number of carbonyl (C=O) groups is 3. The summed E-state index contributed by atoms with van der Waals surface area (Å²) in [6, 6.07) is 0. The summed E-state index contributed by atoms with van der Waals surface area (Å²) in [5.74, 6) is -0.821. The van der Waals surface area contributed by atoms with E-state index < -0.39 is 22.8 Å². The average molecular weight is 324 g/mol. The highest BCUT2D eigenvalue weighted by molar-refractivity contribution is 6.01. The molecule has 2 rings (SSSR count). The van der Waals surface area contributed by atoms with Crippen LogP contribution in [0.2, 0.25) is 0 Å². The molecule has 23 heavy (non-hydrogen) atoms. The molecule has 0 aromatic heterocycles. The van der Waals surface area contributed by atoms with Gasteiger partial charge in [-0.25, -0.2) is 0 Å². The van der Waals surface area contributed by atoms with Crippen LogP contribution in [0.3, 0.4) is 0 Å². The molecule has 0 bridgehead atoms. The van der Waals surface area contributed by atoms with E-state index in [0.29, 0.717) is 12.2 Å². The summed E-state index contributed by atoms with van der Waals surface area (Å²) in [7, 11) is 2.53. The van der Waals surface area contributed by atoms with Gasteiger partial charge in [-0.15, -0.1) is 0 Å². The van der Waals surface area contributed by atoms with Crippen LogP contribution in [0.25, 0.3) is 0 Å². The van der Waals surface area contributed by atoms with Crippen LogP contribution >= 0.6 is 0 Å². The van der Waals surface area contributed by atoms with Crippen molar-refractivity contribution in [2.24, 2.45) is 16.7 Å². The maximum atomic E-state index is 12.3. The molecule has 0 aliphatic heterocycles. The lowest BCUT2D eigenvalue weighted by Gasteiger charge is -2.27. The summed E-state index contributed by atoms with van der Waals surface area (Å²) in [6.45, 7) is 3.39. The molecule has 2 aliphatic carbocycles. The highest BCUT2D eigenvalue weighted by Crippen LogP contribution is 2.73. The van der Waals surface area contributed by atoms with Crippen LogP contribution in [0, 0.1) is 16.7 Å². The zero-order valence-electron chi connectivity index (χ0n) is 14.1. The molecule has 0 radical (unpaired) electrons. The second-order valence-corrected chi connectivity index (χ2v) is 6.45. The third kappa shape index (κ3) is 2.86. The van der Waals surface area contributed by atoms with Crippen LogP contribution in [0.4, 0.5) is 0 Å². The number of carbonyl (C=O) groups excluding carboxylic acids is 3. The van der Waals surface area contributed by atoms with Crippen molar-refractivity contribution in [3.05, 3.63) is 11.8 Å². The van der Waals surface area contributed by atoms with Crippen LogP contribution in [-0.2, 0) is 28.6 Å². The van der Waals surface area contributed by atoms with E-state index in [2.05, 4.69) is 0 Å². The first-order valence-electron chi connectivity index (χ1n) is 7.92. The Morgan fingerprint density at radius 3 is 2.22 bits per heavy atom. The number of allylic oxidation sites excluding steroid dienone is 2. The molecular formula is C17H24O6. The second kappa shape index (κ2) is 6.34. The Morgan fingerprint density at radius 1 is 1.13 bits per heavy atom. The van der Waals surface area contributed by atoms with Crippen molar-refractivity contribution in [1.29, 1.82) is 0 Å². The number of hydrogen-bond donors (Lipinski definition) is 0. The van der Waals surface area contributed by atoms with E-state index in [1.54, 1.807) is 0 Å². The first kappa shape index (κ1) is 17.5. The summed E-state index contributed by atoms with van der Waals surface area (Å²) in [5.41, 5.74) is -1.72. The van der Waals surface area contributed by atoms with Crippen molar-refractivity contribution >= 4 is 17.9 Å². The lowest BCUT2D eigenvalue weighted by molar-refractivity contribution is -0.169. The Morgan fingerprint density at radius 2 is 1.74 bits per heavy atom. The van der Waals surface area contributed by atoms with Gasteiger partial charge in [0.25, 0.3) is 0 Å². The fourth-order valence-corrected chi connectivity index (χ4v) is 3.85. The number of methoxy groups -OCH3 is 2. The molecule has 0 aromatic rings. The summed E-state index contributed by atoms with van der Waals surface area (Å²) < 4.78 is 15.1. The van der Waals surface area contributed by atoms with Gasteiger partial charge in [-0.2, -0.15) is 0 Å². The van der Waals surface area contributed by atoms with Crippen molar-refractivity contribution in [2.75, 3.05) is 14.2 Å². The van der Waals surface area contributed by atoms with Crippen LogP contribution in [0.1, 0.15) is 46.0 Å². The van der Waals surface area contributed by atoms with Gasteiger partial charge < -0.3 is 14.2 Å². The zero-order valence-corrected chi connectivity index (χ0v) is 14.1. The largest absolute Gasteiger partial charge is 0.468 e. The van der Waals surface area contributed by atoms with E-state index in [0.717, 1.165) is 19.3 Å². The number of ether oxygens (including phenoxy) is 3. The van der Waals surface area contributed by atoms with Gasteiger partial charge in [0.15, 0.2) is 5.41 Å². The van der Waals surface area contributed by atoms with Gasteiger partial charge in [-0.3, -0.25) is 14.4 Å². The lowest BCUT2D eigenvalue weighted by Crippen LogP contribution is -2.41. The van der Waals surface area contributed by atoms with Gasteiger partial charge in [0.2, 0.25) is 0 Å². The third-order valence-corrected chi connectivity index (χ3v) is 4.96. The maximum Gasteiger partial charge on any atom is 0.323 e. The molecule has 2 aliphatic rings. The molecule has 2 fully saturated rings. The van der Waals surface area contributed by atoms with Crippen LogP contribution in [0.5, 0.6) is 0 Å². The van der Waals surface area contributed by atoms with E-state index in [4.69, 9.17) is 14.2 Å². The van der Waals surface area contributed by atoms with E-state index in [1.165, 1.54) is 21.1 Å². The summed E-state index contributed by atoms with van der Waals surface area (Å²) in [5, 5.41) is 0. The third-order valence-electron chi connectivity index (χ3n) is 4.96. The molecular weight excluding hydrogens is 300 g/mol. The lowest BCUT2D eigenvalue weighted by atomic mass is 9.80. The monoisotopic (exact) mass is 324 g/mol. The Hall–Kier alpha value is -1.85. The first-order valence-corrected chi connectivity index (χ1v) is 7.92. The predicted molar refractivity (Wildman–Crippen MR) is 81.0 cm³/mol.